The molecule has 9 heteroatoms. The molecule has 2 amide bonds. The fourth-order valence-electron chi connectivity index (χ4n) is 5.32. The Morgan fingerprint density at radius 3 is 2.80 bits per heavy atom. The molecule has 0 bridgehead atoms. The van der Waals surface area contributed by atoms with E-state index in [1.165, 1.54) is 36.7 Å². The van der Waals surface area contributed by atoms with Crippen molar-refractivity contribution in [2.45, 2.75) is 52.0 Å². The Hall–Kier alpha value is -2.36. The van der Waals surface area contributed by atoms with Crippen LogP contribution in [-0.2, 0) is 6.42 Å². The Labute approximate surface area is 210 Å². The van der Waals surface area contributed by atoms with Crippen LogP contribution >= 0.6 is 11.3 Å². The van der Waals surface area contributed by atoms with Crippen molar-refractivity contribution in [3.05, 3.63) is 46.2 Å². The second kappa shape index (κ2) is 12.1. The lowest BCUT2D eigenvalue weighted by atomic mass is 9.88. The van der Waals surface area contributed by atoms with E-state index in [2.05, 4.69) is 25.8 Å². The second-order valence-electron chi connectivity index (χ2n) is 9.88. The van der Waals surface area contributed by atoms with Gasteiger partial charge in [0.1, 0.15) is 5.82 Å². The highest BCUT2D eigenvalue weighted by molar-refractivity contribution is 7.17. The number of carbonyl (C=O) groups excluding carboxylic acids is 2. The quantitative estimate of drug-likeness (QED) is 0.471. The minimum Gasteiger partial charge on any atom is -0.335 e. The third-order valence-corrected chi connectivity index (χ3v) is 8.29. The molecular formula is C26H36FN5O2S. The van der Waals surface area contributed by atoms with Crippen LogP contribution < -0.4 is 16.0 Å². The van der Waals surface area contributed by atoms with Gasteiger partial charge in [-0.3, -0.25) is 10.1 Å². The van der Waals surface area contributed by atoms with Crippen LogP contribution in [0, 0.1) is 24.6 Å². The molecule has 3 heterocycles. The molecule has 0 spiro atoms. The minimum absolute atomic E-state index is 0.0375. The number of amides is 2. The molecular weight excluding hydrogens is 465 g/mol. The number of ketones is 1. The van der Waals surface area contributed by atoms with E-state index >= 15 is 0 Å². The molecule has 2 fully saturated rings. The smallest absolute Gasteiger partial charge is 0.321 e. The number of piperidine rings is 2. The van der Waals surface area contributed by atoms with Gasteiger partial charge in [0.25, 0.3) is 0 Å². The van der Waals surface area contributed by atoms with E-state index in [1.807, 2.05) is 12.1 Å². The maximum absolute atomic E-state index is 13.2. The monoisotopic (exact) mass is 501 g/mol. The molecule has 3 atom stereocenters. The van der Waals surface area contributed by atoms with E-state index < -0.39 is 0 Å². The van der Waals surface area contributed by atoms with Gasteiger partial charge in [0.2, 0.25) is 0 Å². The molecule has 3 N–H and O–H groups in total. The Kier molecular flexibility index (Phi) is 8.86. The number of aromatic nitrogens is 1. The Morgan fingerprint density at radius 1 is 1.26 bits per heavy atom. The molecule has 2 saturated heterocycles. The van der Waals surface area contributed by atoms with Crippen LogP contribution in [0.5, 0.6) is 0 Å². The summed E-state index contributed by atoms with van der Waals surface area (Å²) in [5.74, 6) is 0.738. The molecule has 0 saturated carbocycles. The molecule has 7 nitrogen and oxygen atoms in total. The molecule has 0 unspecified atom stereocenters. The van der Waals surface area contributed by atoms with Crippen LogP contribution in [0.3, 0.4) is 0 Å². The first kappa shape index (κ1) is 25.7. The van der Waals surface area contributed by atoms with Gasteiger partial charge in [0.05, 0.1) is 10.6 Å². The maximum atomic E-state index is 13.2. The van der Waals surface area contributed by atoms with Crippen LogP contribution in [-0.4, -0.2) is 60.5 Å². The summed E-state index contributed by atoms with van der Waals surface area (Å²) in [6, 6.07) is 6.74. The standard InChI is InChI=1S/C26H36FN5O2S/c1-17-24(18(2)33)35-26(29-17)31-25(34)30-23-9-11-28-15-21(23)10-13-32-12-3-4-20(16-32)14-19-5-7-22(27)8-6-19/h5-8,20-21,23,28H,3-4,9-16H2,1-2H3,(H2,29,30,31,34)/t20-,21-,23+/m0/s1. The topological polar surface area (TPSA) is 86.4 Å². The Balaban J connectivity index is 1.26. The van der Waals surface area contributed by atoms with E-state index in [0.717, 1.165) is 52.0 Å². The molecule has 0 radical (unpaired) electrons. The number of halogens is 1. The van der Waals surface area contributed by atoms with Gasteiger partial charge in [-0.2, -0.15) is 0 Å². The molecule has 1 aromatic carbocycles. The fourth-order valence-corrected chi connectivity index (χ4v) is 6.17. The van der Waals surface area contributed by atoms with Crippen molar-refractivity contribution in [2.24, 2.45) is 11.8 Å². The lowest BCUT2D eigenvalue weighted by Gasteiger charge is -2.37. The van der Waals surface area contributed by atoms with Gasteiger partial charge in [-0.05, 0) is 94.7 Å². The van der Waals surface area contributed by atoms with Crippen LogP contribution in [0.15, 0.2) is 24.3 Å². The predicted octanol–water partition coefficient (Wildman–Crippen LogP) is 4.24. The molecule has 190 valence electrons. The first-order valence-corrected chi connectivity index (χ1v) is 13.4. The Bertz CT molecular complexity index is 1010. The van der Waals surface area contributed by atoms with Gasteiger partial charge >= 0.3 is 6.03 Å². The molecule has 2 aromatic rings. The summed E-state index contributed by atoms with van der Waals surface area (Å²) in [5, 5.41) is 9.90. The fraction of sp³-hybridized carbons (Fsp3) is 0.577. The predicted molar refractivity (Wildman–Crippen MR) is 138 cm³/mol. The number of nitrogens with zero attached hydrogens (tertiary/aromatic N) is 2. The number of carbonyl (C=O) groups is 2. The number of benzene rings is 1. The van der Waals surface area contributed by atoms with Crippen molar-refractivity contribution in [2.75, 3.05) is 38.0 Å². The van der Waals surface area contributed by atoms with E-state index in [4.69, 9.17) is 0 Å². The van der Waals surface area contributed by atoms with Gasteiger partial charge < -0.3 is 15.5 Å². The van der Waals surface area contributed by atoms with E-state index in [1.54, 1.807) is 19.1 Å². The van der Waals surface area contributed by atoms with E-state index in [-0.39, 0.29) is 23.7 Å². The zero-order valence-electron chi connectivity index (χ0n) is 20.6. The highest BCUT2D eigenvalue weighted by Crippen LogP contribution is 2.25. The number of rotatable bonds is 8. The molecule has 35 heavy (non-hydrogen) atoms. The third-order valence-electron chi connectivity index (χ3n) is 7.12. The van der Waals surface area contributed by atoms with Crippen LogP contribution in [0.25, 0.3) is 0 Å². The Morgan fingerprint density at radius 2 is 2.06 bits per heavy atom. The first-order valence-electron chi connectivity index (χ1n) is 12.6. The molecule has 2 aliphatic heterocycles. The highest BCUT2D eigenvalue weighted by Gasteiger charge is 2.28. The number of thiazole rings is 1. The van der Waals surface area contributed by atoms with Crippen molar-refractivity contribution in [1.82, 2.24) is 20.5 Å². The number of Topliss-reactive ketones (excluding diaryl/α,β-unsaturated/α-hetero) is 1. The van der Waals surface area contributed by atoms with Crippen molar-refractivity contribution < 1.29 is 14.0 Å². The molecule has 1 aromatic heterocycles. The lowest BCUT2D eigenvalue weighted by molar-refractivity contribution is 0.102. The van der Waals surface area contributed by atoms with Crippen molar-refractivity contribution in [3.63, 3.8) is 0 Å². The van der Waals surface area contributed by atoms with Gasteiger partial charge in [-0.25, -0.2) is 14.2 Å². The zero-order valence-corrected chi connectivity index (χ0v) is 21.4. The summed E-state index contributed by atoms with van der Waals surface area (Å²) >= 11 is 1.22. The normalized spacial score (nSPS) is 23.1. The lowest BCUT2D eigenvalue weighted by Crippen LogP contribution is -2.51. The van der Waals surface area contributed by atoms with Crippen LogP contribution in [0.2, 0.25) is 0 Å². The number of hydrogen-bond donors (Lipinski definition) is 3. The summed E-state index contributed by atoms with van der Waals surface area (Å²) in [4.78, 5) is 31.8. The first-order chi connectivity index (χ1) is 16.9. The number of aryl methyl sites for hydroxylation is 1. The number of likely N-dealkylation sites (tertiary alicyclic amines) is 1. The summed E-state index contributed by atoms with van der Waals surface area (Å²) < 4.78 is 13.2. The average molecular weight is 502 g/mol. The van der Waals surface area contributed by atoms with Crippen LogP contribution in [0.1, 0.15) is 53.5 Å². The van der Waals surface area contributed by atoms with Gasteiger partial charge in [-0.1, -0.05) is 23.5 Å². The number of urea groups is 1. The van der Waals surface area contributed by atoms with Gasteiger partial charge in [0, 0.05) is 19.5 Å². The SMILES string of the molecule is CC(=O)c1sc(NC(=O)N[C@@H]2CCNC[C@@H]2CCN2CCC[C@@H](Cc3ccc(F)cc3)C2)nc1C. The molecule has 0 aliphatic carbocycles. The van der Waals surface area contributed by atoms with Crippen molar-refractivity contribution in [1.29, 1.82) is 0 Å². The van der Waals surface area contributed by atoms with E-state index in [0.29, 0.717) is 27.5 Å². The molecule has 4 rings (SSSR count). The van der Waals surface area contributed by atoms with E-state index in [9.17, 15) is 14.0 Å². The maximum Gasteiger partial charge on any atom is 0.321 e. The number of nitrogens with one attached hydrogen (secondary N) is 3. The highest BCUT2D eigenvalue weighted by atomic mass is 32.1. The summed E-state index contributed by atoms with van der Waals surface area (Å²) in [6.07, 6.45) is 5.31. The summed E-state index contributed by atoms with van der Waals surface area (Å²) in [6.45, 7) is 8.26. The third kappa shape index (κ3) is 7.32. The van der Waals surface area contributed by atoms with Crippen molar-refractivity contribution in [3.8, 4) is 0 Å². The average Bonchev–Trinajstić information content (AvgIpc) is 3.20. The van der Waals surface area contributed by atoms with Crippen LogP contribution in [0.4, 0.5) is 14.3 Å². The largest absolute Gasteiger partial charge is 0.335 e. The zero-order chi connectivity index (χ0) is 24.8. The minimum atomic E-state index is -0.261. The van der Waals surface area contributed by atoms with Gasteiger partial charge in [0.15, 0.2) is 10.9 Å². The summed E-state index contributed by atoms with van der Waals surface area (Å²) in [5.41, 5.74) is 1.85. The molecule has 2 aliphatic rings. The number of hydrogen-bond acceptors (Lipinski definition) is 6. The van der Waals surface area contributed by atoms with Crippen molar-refractivity contribution >= 4 is 28.3 Å². The second-order valence-corrected chi connectivity index (χ2v) is 10.9. The van der Waals surface area contributed by atoms with Gasteiger partial charge in [-0.15, -0.1) is 0 Å². The number of anilines is 1. The summed E-state index contributed by atoms with van der Waals surface area (Å²) in [7, 11) is 0.